The summed E-state index contributed by atoms with van der Waals surface area (Å²) in [6.07, 6.45) is -8.98. The monoisotopic (exact) mass is 617 g/mol. The SMILES string of the molecule is CC1(C)C(=O)N(c2ccc(OC(F)(F)F)c(NC(=O)C(OC(=O)C(F)(F)F)N3CCCC3)c2)C(=O)N1Cc1ccncc1. The van der Waals surface area contributed by atoms with Crippen LogP contribution in [0.4, 0.5) is 42.5 Å². The number of benzene rings is 1. The number of ether oxygens (including phenoxy) is 2. The first-order valence-corrected chi connectivity index (χ1v) is 12.8. The van der Waals surface area contributed by atoms with Crippen LogP contribution >= 0.6 is 0 Å². The fourth-order valence-electron chi connectivity index (χ4n) is 4.60. The minimum atomic E-state index is -5.45. The number of alkyl halides is 6. The van der Waals surface area contributed by atoms with Gasteiger partial charge in [-0.2, -0.15) is 13.2 Å². The lowest BCUT2D eigenvalue weighted by atomic mass is 10.0. The van der Waals surface area contributed by atoms with Gasteiger partial charge in [0.05, 0.1) is 11.4 Å². The maximum atomic E-state index is 13.4. The van der Waals surface area contributed by atoms with Crippen LogP contribution < -0.4 is 15.0 Å². The molecule has 43 heavy (non-hydrogen) atoms. The molecule has 1 aromatic carbocycles. The Morgan fingerprint density at radius 1 is 1.02 bits per heavy atom. The predicted molar refractivity (Wildman–Crippen MR) is 135 cm³/mol. The van der Waals surface area contributed by atoms with Gasteiger partial charge in [0.15, 0.2) is 5.75 Å². The van der Waals surface area contributed by atoms with Crippen LogP contribution in [-0.4, -0.2) is 76.0 Å². The van der Waals surface area contributed by atoms with Crippen molar-refractivity contribution in [3.63, 3.8) is 0 Å². The van der Waals surface area contributed by atoms with Crippen molar-refractivity contribution in [3.05, 3.63) is 48.3 Å². The molecule has 2 aromatic rings. The molecule has 232 valence electrons. The number of imide groups is 1. The van der Waals surface area contributed by atoms with Crippen molar-refractivity contribution >= 4 is 35.2 Å². The molecular formula is C26H25F6N5O6. The first-order valence-electron chi connectivity index (χ1n) is 12.8. The van der Waals surface area contributed by atoms with Crippen LogP contribution in [0, 0.1) is 0 Å². The number of amides is 4. The Bertz CT molecular complexity index is 1400. The first-order chi connectivity index (χ1) is 20.0. The Balaban J connectivity index is 1.68. The number of halogens is 6. The zero-order valence-electron chi connectivity index (χ0n) is 22.7. The van der Waals surface area contributed by atoms with Gasteiger partial charge in [-0.15, -0.1) is 13.2 Å². The average Bonchev–Trinajstić information content (AvgIpc) is 3.50. The van der Waals surface area contributed by atoms with Gasteiger partial charge in [0.25, 0.3) is 11.8 Å². The van der Waals surface area contributed by atoms with E-state index in [-0.39, 0.29) is 25.3 Å². The highest BCUT2D eigenvalue weighted by Gasteiger charge is 2.52. The number of rotatable bonds is 8. The minimum absolute atomic E-state index is 0.0163. The predicted octanol–water partition coefficient (Wildman–Crippen LogP) is 4.19. The number of nitrogens with zero attached hydrogens (tertiary/aromatic N) is 4. The second-order valence-electron chi connectivity index (χ2n) is 10.1. The Morgan fingerprint density at radius 2 is 1.65 bits per heavy atom. The summed E-state index contributed by atoms with van der Waals surface area (Å²) >= 11 is 0. The highest BCUT2D eigenvalue weighted by Crippen LogP contribution is 2.38. The third-order valence-electron chi connectivity index (χ3n) is 6.77. The molecule has 0 radical (unpaired) electrons. The Kier molecular flexibility index (Phi) is 8.58. The molecule has 0 aliphatic carbocycles. The molecular weight excluding hydrogens is 592 g/mol. The average molecular weight is 618 g/mol. The second kappa shape index (κ2) is 11.7. The summed E-state index contributed by atoms with van der Waals surface area (Å²) in [7, 11) is 0. The number of aromatic nitrogens is 1. The van der Waals surface area contributed by atoms with Gasteiger partial charge in [-0.25, -0.2) is 14.5 Å². The van der Waals surface area contributed by atoms with Crippen molar-refractivity contribution in [3.8, 4) is 5.75 Å². The van der Waals surface area contributed by atoms with Crippen molar-refractivity contribution in [2.75, 3.05) is 23.3 Å². The van der Waals surface area contributed by atoms with E-state index in [9.17, 15) is 45.5 Å². The van der Waals surface area contributed by atoms with E-state index < -0.39 is 59.6 Å². The normalized spacial score (nSPS) is 18.1. The molecule has 2 aliphatic heterocycles. The topological polar surface area (TPSA) is 121 Å². The van der Waals surface area contributed by atoms with E-state index in [1.54, 1.807) is 12.1 Å². The second-order valence-corrected chi connectivity index (χ2v) is 10.1. The van der Waals surface area contributed by atoms with E-state index in [4.69, 9.17) is 0 Å². The number of likely N-dealkylation sites (tertiary alicyclic amines) is 1. The number of hydrogen-bond acceptors (Lipinski definition) is 8. The van der Waals surface area contributed by atoms with Crippen LogP contribution in [0.3, 0.4) is 0 Å². The highest BCUT2D eigenvalue weighted by molar-refractivity contribution is 6.23. The third-order valence-corrected chi connectivity index (χ3v) is 6.77. The quantitative estimate of drug-likeness (QED) is 0.266. The number of anilines is 2. The number of pyridine rings is 1. The standard InChI is InChI=1S/C26H25F6N5O6/c1-24(2)21(39)37(23(41)36(24)14-15-7-9-33-10-8-15)16-5-6-18(43-26(30,31)32)17(13-16)34-19(38)20(35-11-3-4-12-35)42-22(40)25(27,28)29/h5-10,13,20H,3-4,11-12,14H2,1-2H3,(H,34,38). The molecule has 2 fully saturated rings. The Labute approximate surface area is 240 Å². The molecule has 11 nitrogen and oxygen atoms in total. The number of carbonyl (C=O) groups is 4. The van der Waals surface area contributed by atoms with Gasteiger partial charge in [-0.05, 0) is 62.6 Å². The largest absolute Gasteiger partial charge is 0.573 e. The van der Waals surface area contributed by atoms with Crippen LogP contribution in [0.1, 0.15) is 32.3 Å². The minimum Gasteiger partial charge on any atom is -0.430 e. The van der Waals surface area contributed by atoms with Crippen LogP contribution in [0.15, 0.2) is 42.7 Å². The van der Waals surface area contributed by atoms with Gasteiger partial charge >= 0.3 is 24.5 Å². The number of nitrogens with one attached hydrogen (secondary N) is 1. The summed E-state index contributed by atoms with van der Waals surface area (Å²) < 4.78 is 86.7. The number of esters is 1. The third kappa shape index (κ3) is 6.98. The van der Waals surface area contributed by atoms with E-state index in [1.165, 1.54) is 31.1 Å². The molecule has 0 bridgehead atoms. The molecule has 2 saturated heterocycles. The van der Waals surface area contributed by atoms with E-state index in [0.717, 1.165) is 23.1 Å². The van der Waals surface area contributed by atoms with Crippen molar-refractivity contribution in [1.82, 2.24) is 14.8 Å². The zero-order chi connectivity index (χ0) is 31.7. The van der Waals surface area contributed by atoms with Crippen LogP contribution in [0.2, 0.25) is 0 Å². The molecule has 1 aromatic heterocycles. The lowest BCUT2D eigenvalue weighted by molar-refractivity contribution is -0.274. The van der Waals surface area contributed by atoms with E-state index in [0.29, 0.717) is 23.3 Å². The molecule has 2 aliphatic rings. The van der Waals surface area contributed by atoms with Crippen molar-refractivity contribution in [1.29, 1.82) is 0 Å². The molecule has 4 amide bonds. The first kappa shape index (κ1) is 31.5. The summed E-state index contributed by atoms with van der Waals surface area (Å²) in [6.45, 7) is 3.04. The summed E-state index contributed by atoms with van der Waals surface area (Å²) in [5.41, 5.74) is -1.79. The van der Waals surface area contributed by atoms with Gasteiger partial charge in [-0.1, -0.05) is 0 Å². The molecule has 1 unspecified atom stereocenters. The number of urea groups is 1. The Hall–Kier alpha value is -4.41. The van der Waals surface area contributed by atoms with Crippen molar-refractivity contribution in [2.45, 2.75) is 57.5 Å². The molecule has 1 atom stereocenters. The lowest BCUT2D eigenvalue weighted by Gasteiger charge is -2.27. The summed E-state index contributed by atoms with van der Waals surface area (Å²) in [6, 6.07) is 4.94. The van der Waals surface area contributed by atoms with Gasteiger partial charge in [-0.3, -0.25) is 19.5 Å². The molecule has 0 saturated carbocycles. The van der Waals surface area contributed by atoms with E-state index in [1.807, 2.05) is 5.32 Å². The lowest BCUT2D eigenvalue weighted by Crippen LogP contribution is -2.47. The number of carbonyl (C=O) groups excluding carboxylic acids is 4. The smallest absolute Gasteiger partial charge is 0.430 e. The fourth-order valence-corrected chi connectivity index (χ4v) is 4.60. The summed E-state index contributed by atoms with van der Waals surface area (Å²) in [5.74, 6) is -5.84. The zero-order valence-corrected chi connectivity index (χ0v) is 22.7. The van der Waals surface area contributed by atoms with Gasteiger partial charge in [0, 0.05) is 32.0 Å². The van der Waals surface area contributed by atoms with Gasteiger partial charge in [0.2, 0.25) is 6.23 Å². The van der Waals surface area contributed by atoms with E-state index >= 15 is 0 Å². The molecule has 17 heteroatoms. The van der Waals surface area contributed by atoms with Crippen LogP contribution in [0.25, 0.3) is 0 Å². The Morgan fingerprint density at radius 3 is 2.23 bits per heavy atom. The maximum Gasteiger partial charge on any atom is 0.573 e. The van der Waals surface area contributed by atoms with Crippen LogP contribution in [-0.2, 0) is 25.7 Å². The van der Waals surface area contributed by atoms with Gasteiger partial charge < -0.3 is 19.7 Å². The van der Waals surface area contributed by atoms with Crippen molar-refractivity contribution < 1.29 is 55.0 Å². The number of hydrogen-bond donors (Lipinski definition) is 1. The van der Waals surface area contributed by atoms with E-state index in [2.05, 4.69) is 14.5 Å². The molecule has 3 heterocycles. The molecule has 1 N–H and O–H groups in total. The van der Waals surface area contributed by atoms with Crippen molar-refractivity contribution in [2.24, 2.45) is 0 Å². The summed E-state index contributed by atoms with van der Waals surface area (Å²) in [5, 5.41) is 2.01. The molecule has 4 rings (SSSR count). The highest BCUT2D eigenvalue weighted by atomic mass is 19.4. The maximum absolute atomic E-state index is 13.4. The van der Waals surface area contributed by atoms with Gasteiger partial charge in [0.1, 0.15) is 5.54 Å². The van der Waals surface area contributed by atoms with Crippen LogP contribution in [0.5, 0.6) is 5.75 Å². The fraction of sp³-hybridized carbons (Fsp3) is 0.423. The summed E-state index contributed by atoms with van der Waals surface area (Å²) in [4.78, 5) is 58.4. The molecule has 0 spiro atoms.